The molecule has 3 N–H and O–H groups in total. The molecule has 1 aromatic rings. The van der Waals surface area contributed by atoms with Gasteiger partial charge in [0.25, 0.3) is 0 Å². The number of ether oxygens (including phenoxy) is 1. The van der Waals surface area contributed by atoms with E-state index in [4.69, 9.17) is 9.88 Å². The highest BCUT2D eigenvalue weighted by Crippen LogP contribution is 2.27. The standard InChI is InChI=1S/C14H19NO5S/c15-21(18,19)11-7-8-13(12(9-11)14(16)17)20-10-5-3-1-2-4-6-10/h7-10H,1-6H2,(H,16,17)(H2,15,18,19). The van der Waals surface area contributed by atoms with Crippen LogP contribution in [0.25, 0.3) is 0 Å². The summed E-state index contributed by atoms with van der Waals surface area (Å²) in [4.78, 5) is 11.1. The molecule has 6 nitrogen and oxygen atoms in total. The lowest BCUT2D eigenvalue weighted by atomic mass is 10.1. The highest BCUT2D eigenvalue weighted by Gasteiger charge is 2.20. The summed E-state index contributed by atoms with van der Waals surface area (Å²) in [5, 5.41) is 14.2. The first-order valence-corrected chi connectivity index (χ1v) is 8.49. The summed E-state index contributed by atoms with van der Waals surface area (Å²) in [6.07, 6.45) is 6.19. The average Bonchev–Trinajstić information content (AvgIpc) is 2.66. The van der Waals surface area contributed by atoms with Gasteiger partial charge in [0.05, 0.1) is 11.0 Å². The van der Waals surface area contributed by atoms with Crippen molar-refractivity contribution in [2.45, 2.75) is 49.5 Å². The molecule has 0 radical (unpaired) electrons. The summed E-state index contributed by atoms with van der Waals surface area (Å²) in [7, 11) is -3.93. The van der Waals surface area contributed by atoms with Crippen molar-refractivity contribution in [2.24, 2.45) is 5.14 Å². The van der Waals surface area contributed by atoms with Crippen LogP contribution < -0.4 is 9.88 Å². The zero-order chi connectivity index (χ0) is 15.5. The van der Waals surface area contributed by atoms with Crippen molar-refractivity contribution in [3.05, 3.63) is 23.8 Å². The third-order valence-corrected chi connectivity index (χ3v) is 4.52. The number of sulfonamides is 1. The van der Waals surface area contributed by atoms with Gasteiger partial charge in [-0.25, -0.2) is 18.4 Å². The van der Waals surface area contributed by atoms with Crippen LogP contribution >= 0.6 is 0 Å². The number of carboxylic acid groups (broad SMARTS) is 1. The fourth-order valence-electron chi connectivity index (χ4n) is 2.50. The molecule has 21 heavy (non-hydrogen) atoms. The van der Waals surface area contributed by atoms with Gasteiger partial charge in [-0.3, -0.25) is 0 Å². The van der Waals surface area contributed by atoms with E-state index in [1.54, 1.807) is 0 Å². The Labute approximate surface area is 124 Å². The average molecular weight is 313 g/mol. The number of aromatic carboxylic acids is 1. The molecule has 0 amide bonds. The molecule has 1 saturated carbocycles. The Morgan fingerprint density at radius 2 is 1.81 bits per heavy atom. The minimum atomic E-state index is -3.93. The van der Waals surface area contributed by atoms with Gasteiger partial charge in [0.15, 0.2) is 0 Å². The normalized spacial score (nSPS) is 17.2. The third-order valence-electron chi connectivity index (χ3n) is 3.61. The fourth-order valence-corrected chi connectivity index (χ4v) is 3.04. The molecule has 7 heteroatoms. The van der Waals surface area contributed by atoms with Crippen LogP contribution in [-0.4, -0.2) is 25.6 Å². The molecular formula is C14H19NO5S. The molecule has 0 unspecified atom stereocenters. The predicted octanol–water partition coefficient (Wildman–Crippen LogP) is 2.13. The molecule has 0 aliphatic heterocycles. The van der Waals surface area contributed by atoms with Crippen LogP contribution in [0.2, 0.25) is 0 Å². The molecule has 0 heterocycles. The Morgan fingerprint density at radius 1 is 1.19 bits per heavy atom. The van der Waals surface area contributed by atoms with E-state index in [0.29, 0.717) is 0 Å². The quantitative estimate of drug-likeness (QED) is 0.828. The minimum absolute atomic E-state index is 0.0223. The van der Waals surface area contributed by atoms with Crippen molar-refractivity contribution >= 4 is 16.0 Å². The first-order chi connectivity index (χ1) is 9.88. The Kier molecular flexibility index (Phi) is 4.84. The SMILES string of the molecule is NS(=O)(=O)c1ccc(OC2CCCCCC2)c(C(=O)O)c1. The molecule has 116 valence electrons. The smallest absolute Gasteiger partial charge is 0.339 e. The van der Waals surface area contributed by atoms with E-state index in [1.807, 2.05) is 0 Å². The topological polar surface area (TPSA) is 107 Å². The number of benzene rings is 1. The minimum Gasteiger partial charge on any atom is -0.490 e. The van der Waals surface area contributed by atoms with E-state index in [1.165, 1.54) is 12.1 Å². The lowest BCUT2D eigenvalue weighted by Crippen LogP contribution is -2.18. The largest absolute Gasteiger partial charge is 0.490 e. The van der Waals surface area contributed by atoms with Crippen LogP contribution in [0.15, 0.2) is 23.1 Å². The van der Waals surface area contributed by atoms with Gasteiger partial charge in [0, 0.05) is 0 Å². The summed E-state index contributed by atoms with van der Waals surface area (Å²) in [5.74, 6) is -1.04. The van der Waals surface area contributed by atoms with Crippen molar-refractivity contribution in [3.63, 3.8) is 0 Å². The van der Waals surface area contributed by atoms with Crippen LogP contribution in [0.4, 0.5) is 0 Å². The van der Waals surface area contributed by atoms with E-state index in [2.05, 4.69) is 0 Å². The Hall–Kier alpha value is -1.60. The second-order valence-electron chi connectivity index (χ2n) is 5.24. The Bertz CT molecular complexity index is 618. The summed E-state index contributed by atoms with van der Waals surface area (Å²) >= 11 is 0. The first kappa shape index (κ1) is 15.8. The number of carboxylic acids is 1. The van der Waals surface area contributed by atoms with E-state index in [0.717, 1.165) is 44.6 Å². The molecule has 1 fully saturated rings. The molecule has 1 aliphatic rings. The summed E-state index contributed by atoms with van der Waals surface area (Å²) in [5.41, 5.74) is -0.175. The van der Waals surface area contributed by atoms with Crippen molar-refractivity contribution < 1.29 is 23.1 Å². The Balaban J connectivity index is 2.28. The van der Waals surface area contributed by atoms with Gasteiger partial charge in [-0.1, -0.05) is 12.8 Å². The summed E-state index contributed by atoms with van der Waals surface area (Å²) in [6, 6.07) is 3.69. The number of rotatable bonds is 4. The molecule has 0 saturated heterocycles. The van der Waals surface area contributed by atoms with Gasteiger partial charge < -0.3 is 9.84 Å². The maximum atomic E-state index is 11.3. The van der Waals surface area contributed by atoms with Gasteiger partial charge in [0.1, 0.15) is 11.3 Å². The maximum Gasteiger partial charge on any atom is 0.339 e. The molecule has 0 bridgehead atoms. The van der Waals surface area contributed by atoms with E-state index in [-0.39, 0.29) is 22.3 Å². The predicted molar refractivity (Wildman–Crippen MR) is 76.9 cm³/mol. The number of hydrogen-bond donors (Lipinski definition) is 2. The lowest BCUT2D eigenvalue weighted by Gasteiger charge is -2.18. The van der Waals surface area contributed by atoms with Crippen LogP contribution in [0.1, 0.15) is 48.9 Å². The number of carbonyl (C=O) groups is 1. The van der Waals surface area contributed by atoms with Gasteiger partial charge in [0.2, 0.25) is 10.0 Å². The van der Waals surface area contributed by atoms with Gasteiger partial charge in [-0.15, -0.1) is 0 Å². The number of nitrogens with two attached hydrogens (primary N) is 1. The van der Waals surface area contributed by atoms with Crippen LogP contribution in [0.3, 0.4) is 0 Å². The van der Waals surface area contributed by atoms with E-state index >= 15 is 0 Å². The number of hydrogen-bond acceptors (Lipinski definition) is 4. The van der Waals surface area contributed by atoms with E-state index in [9.17, 15) is 18.3 Å². The van der Waals surface area contributed by atoms with Gasteiger partial charge >= 0.3 is 5.97 Å². The van der Waals surface area contributed by atoms with Crippen molar-refractivity contribution in [2.75, 3.05) is 0 Å². The van der Waals surface area contributed by atoms with Crippen molar-refractivity contribution in [1.29, 1.82) is 0 Å². The highest BCUT2D eigenvalue weighted by molar-refractivity contribution is 7.89. The molecule has 0 aromatic heterocycles. The maximum absolute atomic E-state index is 11.3. The third kappa shape index (κ3) is 4.18. The second-order valence-corrected chi connectivity index (χ2v) is 6.80. The molecule has 1 aliphatic carbocycles. The molecular weight excluding hydrogens is 294 g/mol. The number of primary sulfonamides is 1. The second kappa shape index (κ2) is 6.44. The van der Waals surface area contributed by atoms with E-state index < -0.39 is 16.0 Å². The molecule has 2 rings (SSSR count). The highest BCUT2D eigenvalue weighted by atomic mass is 32.2. The van der Waals surface area contributed by atoms with Gasteiger partial charge in [-0.05, 0) is 43.9 Å². The van der Waals surface area contributed by atoms with Crippen LogP contribution in [0, 0.1) is 0 Å². The zero-order valence-electron chi connectivity index (χ0n) is 11.6. The van der Waals surface area contributed by atoms with Crippen LogP contribution in [-0.2, 0) is 10.0 Å². The molecule has 1 aromatic carbocycles. The summed E-state index contributed by atoms with van der Waals surface area (Å²) < 4.78 is 28.4. The fraction of sp³-hybridized carbons (Fsp3) is 0.500. The molecule has 0 spiro atoms. The van der Waals surface area contributed by atoms with Crippen molar-refractivity contribution in [3.8, 4) is 5.75 Å². The van der Waals surface area contributed by atoms with Gasteiger partial charge in [-0.2, -0.15) is 0 Å². The zero-order valence-corrected chi connectivity index (χ0v) is 12.4. The van der Waals surface area contributed by atoms with Crippen LogP contribution in [0.5, 0.6) is 5.75 Å². The molecule has 0 atom stereocenters. The van der Waals surface area contributed by atoms with Crippen molar-refractivity contribution in [1.82, 2.24) is 0 Å². The summed E-state index contributed by atoms with van der Waals surface area (Å²) in [6.45, 7) is 0. The lowest BCUT2D eigenvalue weighted by molar-refractivity contribution is 0.0687. The first-order valence-electron chi connectivity index (χ1n) is 6.95. The Morgan fingerprint density at radius 3 is 2.33 bits per heavy atom. The monoisotopic (exact) mass is 313 g/mol.